The molecule has 4 heteroatoms. The zero-order chi connectivity index (χ0) is 12.9. The van der Waals surface area contributed by atoms with E-state index in [2.05, 4.69) is 44.9 Å². The van der Waals surface area contributed by atoms with Gasteiger partial charge in [-0.15, -0.1) is 0 Å². The summed E-state index contributed by atoms with van der Waals surface area (Å²) in [5.41, 5.74) is 3.40. The van der Waals surface area contributed by atoms with Crippen molar-refractivity contribution in [3.8, 4) is 11.3 Å². The van der Waals surface area contributed by atoms with Gasteiger partial charge < -0.3 is 15.6 Å². The summed E-state index contributed by atoms with van der Waals surface area (Å²) in [6.45, 7) is 2.16. The van der Waals surface area contributed by atoms with Crippen LogP contribution < -0.4 is 10.6 Å². The molecule has 1 fully saturated rings. The SMILES string of the molecule is c1ncc(-c2ccc(NCC3CCCCN3)cc2)[nH]1. The molecule has 1 unspecified atom stereocenters. The van der Waals surface area contributed by atoms with E-state index in [1.54, 1.807) is 6.33 Å². The second-order valence-electron chi connectivity index (χ2n) is 5.07. The summed E-state index contributed by atoms with van der Waals surface area (Å²) in [7, 11) is 0. The van der Waals surface area contributed by atoms with Gasteiger partial charge in [0, 0.05) is 18.3 Å². The average molecular weight is 256 g/mol. The van der Waals surface area contributed by atoms with E-state index in [-0.39, 0.29) is 0 Å². The van der Waals surface area contributed by atoms with Crippen LogP contribution in [0, 0.1) is 0 Å². The van der Waals surface area contributed by atoms with Gasteiger partial charge in [0.1, 0.15) is 0 Å². The molecule has 4 nitrogen and oxygen atoms in total. The van der Waals surface area contributed by atoms with E-state index in [4.69, 9.17) is 0 Å². The van der Waals surface area contributed by atoms with Crippen LogP contribution in [-0.4, -0.2) is 29.1 Å². The summed E-state index contributed by atoms with van der Waals surface area (Å²) in [6.07, 6.45) is 7.48. The molecule has 0 amide bonds. The van der Waals surface area contributed by atoms with E-state index in [0.717, 1.165) is 18.8 Å². The number of rotatable bonds is 4. The van der Waals surface area contributed by atoms with Crippen molar-refractivity contribution in [2.45, 2.75) is 25.3 Å². The molecule has 0 saturated carbocycles. The lowest BCUT2D eigenvalue weighted by Crippen LogP contribution is -2.39. The minimum absolute atomic E-state index is 0.612. The molecule has 1 aromatic heterocycles. The van der Waals surface area contributed by atoms with E-state index in [1.165, 1.54) is 30.5 Å². The molecular formula is C15H20N4. The number of aromatic nitrogens is 2. The van der Waals surface area contributed by atoms with Crippen molar-refractivity contribution in [2.75, 3.05) is 18.4 Å². The number of hydrogen-bond acceptors (Lipinski definition) is 3. The Bertz CT molecular complexity index is 483. The predicted octanol–water partition coefficient (Wildman–Crippen LogP) is 2.63. The van der Waals surface area contributed by atoms with E-state index in [9.17, 15) is 0 Å². The first-order chi connectivity index (χ1) is 9.42. The maximum atomic E-state index is 4.04. The average Bonchev–Trinajstić information content (AvgIpc) is 3.01. The molecule has 0 aliphatic carbocycles. The van der Waals surface area contributed by atoms with Crippen LogP contribution in [0.4, 0.5) is 5.69 Å². The quantitative estimate of drug-likeness (QED) is 0.788. The smallest absolute Gasteiger partial charge is 0.0924 e. The van der Waals surface area contributed by atoms with Crippen LogP contribution in [0.2, 0.25) is 0 Å². The first kappa shape index (κ1) is 12.2. The predicted molar refractivity (Wildman–Crippen MR) is 78.2 cm³/mol. The first-order valence-electron chi connectivity index (χ1n) is 6.98. The number of piperidine rings is 1. The van der Waals surface area contributed by atoms with E-state index in [0.29, 0.717) is 6.04 Å². The zero-order valence-electron chi connectivity index (χ0n) is 11.0. The minimum Gasteiger partial charge on any atom is -0.383 e. The topological polar surface area (TPSA) is 52.7 Å². The second-order valence-corrected chi connectivity index (χ2v) is 5.07. The van der Waals surface area contributed by atoms with Gasteiger partial charge in [-0.1, -0.05) is 18.6 Å². The van der Waals surface area contributed by atoms with Gasteiger partial charge in [0.25, 0.3) is 0 Å². The standard InChI is InChI=1S/C15H20N4/c1-2-8-17-14(3-1)9-18-13-6-4-12(5-7-13)15-10-16-11-19-15/h4-7,10-11,14,17-18H,1-3,8-9H2,(H,16,19). The third-order valence-electron chi connectivity index (χ3n) is 3.66. The fraction of sp³-hybridized carbons (Fsp3) is 0.400. The van der Waals surface area contributed by atoms with Crippen molar-refractivity contribution < 1.29 is 0 Å². The monoisotopic (exact) mass is 256 g/mol. The lowest BCUT2D eigenvalue weighted by atomic mass is 10.0. The zero-order valence-corrected chi connectivity index (χ0v) is 11.0. The maximum absolute atomic E-state index is 4.04. The summed E-state index contributed by atoms with van der Waals surface area (Å²) in [6, 6.07) is 9.09. The molecule has 100 valence electrons. The van der Waals surface area contributed by atoms with E-state index >= 15 is 0 Å². The van der Waals surface area contributed by atoms with Gasteiger partial charge >= 0.3 is 0 Å². The Hall–Kier alpha value is -1.81. The lowest BCUT2D eigenvalue weighted by molar-refractivity contribution is 0.414. The Balaban J connectivity index is 1.57. The molecule has 2 aromatic rings. The number of H-pyrrole nitrogens is 1. The summed E-state index contributed by atoms with van der Waals surface area (Å²) < 4.78 is 0. The molecule has 1 atom stereocenters. The summed E-state index contributed by atoms with van der Waals surface area (Å²) >= 11 is 0. The Morgan fingerprint density at radius 2 is 2.11 bits per heavy atom. The highest BCUT2D eigenvalue weighted by Crippen LogP contribution is 2.19. The summed E-state index contributed by atoms with van der Waals surface area (Å²) in [5, 5.41) is 7.05. The van der Waals surface area contributed by atoms with Crippen LogP contribution in [0.25, 0.3) is 11.3 Å². The van der Waals surface area contributed by atoms with Gasteiger partial charge in [0.05, 0.1) is 18.2 Å². The van der Waals surface area contributed by atoms with Gasteiger partial charge in [-0.25, -0.2) is 4.98 Å². The van der Waals surface area contributed by atoms with E-state index < -0.39 is 0 Å². The first-order valence-corrected chi connectivity index (χ1v) is 6.98. The Labute approximate surface area is 113 Å². The van der Waals surface area contributed by atoms with Crippen LogP contribution in [-0.2, 0) is 0 Å². The summed E-state index contributed by atoms with van der Waals surface area (Å²) in [5.74, 6) is 0. The fourth-order valence-electron chi connectivity index (χ4n) is 2.52. The van der Waals surface area contributed by atoms with Crippen LogP contribution in [0.5, 0.6) is 0 Å². The number of imidazole rings is 1. The molecule has 0 spiro atoms. The van der Waals surface area contributed by atoms with Crippen molar-refractivity contribution in [2.24, 2.45) is 0 Å². The van der Waals surface area contributed by atoms with E-state index in [1.807, 2.05) is 6.20 Å². The third-order valence-corrected chi connectivity index (χ3v) is 3.66. The molecule has 3 N–H and O–H groups in total. The van der Waals surface area contributed by atoms with Crippen molar-refractivity contribution in [3.05, 3.63) is 36.8 Å². The Kier molecular flexibility index (Phi) is 3.79. The van der Waals surface area contributed by atoms with Crippen LogP contribution >= 0.6 is 0 Å². The molecular weight excluding hydrogens is 236 g/mol. The van der Waals surface area contributed by atoms with Crippen LogP contribution in [0.15, 0.2) is 36.8 Å². The summed E-state index contributed by atoms with van der Waals surface area (Å²) in [4.78, 5) is 7.15. The van der Waals surface area contributed by atoms with Gasteiger partial charge in [-0.3, -0.25) is 0 Å². The fourth-order valence-corrected chi connectivity index (χ4v) is 2.52. The van der Waals surface area contributed by atoms with Crippen molar-refractivity contribution in [1.29, 1.82) is 0 Å². The number of benzene rings is 1. The highest BCUT2D eigenvalue weighted by atomic mass is 15.0. The molecule has 0 radical (unpaired) electrons. The third kappa shape index (κ3) is 3.15. The molecule has 1 saturated heterocycles. The largest absolute Gasteiger partial charge is 0.383 e. The van der Waals surface area contributed by atoms with Gasteiger partial charge in [-0.2, -0.15) is 0 Å². The highest BCUT2D eigenvalue weighted by Gasteiger charge is 2.11. The van der Waals surface area contributed by atoms with Crippen LogP contribution in [0.1, 0.15) is 19.3 Å². The molecule has 2 heterocycles. The minimum atomic E-state index is 0.612. The molecule has 19 heavy (non-hydrogen) atoms. The highest BCUT2D eigenvalue weighted by molar-refractivity contribution is 5.61. The number of anilines is 1. The van der Waals surface area contributed by atoms with Gasteiger partial charge in [0.15, 0.2) is 0 Å². The molecule has 1 aromatic carbocycles. The van der Waals surface area contributed by atoms with Crippen molar-refractivity contribution in [3.63, 3.8) is 0 Å². The molecule has 1 aliphatic rings. The van der Waals surface area contributed by atoms with Gasteiger partial charge in [0.2, 0.25) is 0 Å². The number of hydrogen-bond donors (Lipinski definition) is 3. The Morgan fingerprint density at radius 3 is 2.79 bits per heavy atom. The maximum Gasteiger partial charge on any atom is 0.0924 e. The van der Waals surface area contributed by atoms with Crippen LogP contribution in [0.3, 0.4) is 0 Å². The number of nitrogens with zero attached hydrogens (tertiary/aromatic N) is 1. The Morgan fingerprint density at radius 1 is 1.21 bits per heavy atom. The molecule has 1 aliphatic heterocycles. The molecule has 0 bridgehead atoms. The van der Waals surface area contributed by atoms with Gasteiger partial charge in [-0.05, 0) is 37.1 Å². The second kappa shape index (κ2) is 5.89. The van der Waals surface area contributed by atoms with Crippen molar-refractivity contribution >= 4 is 5.69 Å². The number of nitrogens with one attached hydrogen (secondary N) is 3. The van der Waals surface area contributed by atoms with Crippen molar-refractivity contribution in [1.82, 2.24) is 15.3 Å². The molecule has 3 rings (SSSR count). The lowest BCUT2D eigenvalue weighted by Gasteiger charge is -2.24. The normalized spacial score (nSPS) is 19.3. The number of aromatic amines is 1.